The predicted molar refractivity (Wildman–Crippen MR) is 146 cm³/mol. The van der Waals surface area contributed by atoms with E-state index in [1.807, 2.05) is 43.3 Å². The molecule has 2 N–H and O–H groups in total. The minimum Gasteiger partial charge on any atom is -0.493 e. The molecule has 1 aliphatic rings. The first-order valence-electron chi connectivity index (χ1n) is 12.0. The summed E-state index contributed by atoms with van der Waals surface area (Å²) < 4.78 is 46.1. The van der Waals surface area contributed by atoms with Gasteiger partial charge in [0, 0.05) is 11.1 Å². The van der Waals surface area contributed by atoms with Crippen LogP contribution in [0.1, 0.15) is 35.6 Å². The summed E-state index contributed by atoms with van der Waals surface area (Å²) in [7, 11) is 0.0865. The number of allylic oxidation sites excluding steroid dienone is 2. The summed E-state index contributed by atoms with van der Waals surface area (Å²) >= 11 is 0. The number of hydrogen-bond acceptors (Lipinski definition) is 6. The maximum Gasteiger partial charge on any atom is 0.698 e. The molecule has 0 radical (unpaired) electrons. The summed E-state index contributed by atoms with van der Waals surface area (Å²) in [5.74, 6) is 0.286. The lowest BCUT2D eigenvalue weighted by molar-refractivity contribution is -0.120. The summed E-state index contributed by atoms with van der Waals surface area (Å²) in [6, 6.07) is 17.6. The van der Waals surface area contributed by atoms with Crippen molar-refractivity contribution < 1.29 is 37.4 Å². The second kappa shape index (κ2) is 12.7. The van der Waals surface area contributed by atoms with E-state index >= 15 is 0 Å². The van der Waals surface area contributed by atoms with Crippen LogP contribution in [0.4, 0.5) is 4.39 Å². The highest BCUT2D eigenvalue weighted by molar-refractivity contribution is 7.32. The Bertz CT molecular complexity index is 1430. The third-order valence-corrected chi connectivity index (χ3v) is 6.61. The lowest BCUT2D eigenvalue weighted by Gasteiger charge is -2.14. The van der Waals surface area contributed by atoms with Crippen molar-refractivity contribution in [2.75, 3.05) is 21.0 Å². The second-order valence-corrected chi connectivity index (χ2v) is 9.41. The van der Waals surface area contributed by atoms with Gasteiger partial charge in [-0.3, -0.25) is 4.79 Å². The Balaban J connectivity index is 1.66. The molecule has 1 amide bonds. The minimum absolute atomic E-state index is 0.0962. The fourth-order valence-corrected chi connectivity index (χ4v) is 4.57. The van der Waals surface area contributed by atoms with Crippen LogP contribution in [-0.4, -0.2) is 31.8 Å². The normalized spacial score (nSPS) is 13.8. The van der Waals surface area contributed by atoms with Gasteiger partial charge in [-0.25, -0.2) is 4.39 Å². The van der Waals surface area contributed by atoms with Crippen molar-refractivity contribution >= 4 is 31.4 Å². The summed E-state index contributed by atoms with van der Waals surface area (Å²) in [6.07, 6.45) is 2.00. The topological polar surface area (TPSA) is 103 Å². The molecule has 0 bridgehead atoms. The van der Waals surface area contributed by atoms with Crippen LogP contribution in [0.25, 0.3) is 17.2 Å². The monoisotopic (exact) mass is 552 g/mol. The van der Waals surface area contributed by atoms with E-state index in [9.17, 15) is 13.8 Å². The Hall–Kier alpha value is -4.04. The van der Waals surface area contributed by atoms with Crippen LogP contribution in [0.15, 0.2) is 66.2 Å². The lowest BCUT2D eigenvalue weighted by atomic mass is 10.00. The zero-order valence-corrected chi connectivity index (χ0v) is 22.6. The van der Waals surface area contributed by atoms with Crippen molar-refractivity contribution in [1.82, 2.24) is 5.32 Å². The van der Waals surface area contributed by atoms with Gasteiger partial charge in [-0.2, -0.15) is 0 Å². The molecule has 3 aromatic rings. The second-order valence-electron chi connectivity index (χ2n) is 8.67. The molecule has 39 heavy (non-hydrogen) atoms. The highest BCUT2D eigenvalue weighted by Crippen LogP contribution is 2.45. The highest BCUT2D eigenvalue weighted by atomic mass is 31.1. The van der Waals surface area contributed by atoms with Gasteiger partial charge < -0.3 is 19.5 Å². The number of carbonyl (C=O) groups excluding carboxylic acids is 1. The number of hydrogen-bond donors (Lipinski definition) is 2. The molecular weight excluding hydrogens is 524 g/mol. The Kier molecular flexibility index (Phi) is 9.09. The van der Waals surface area contributed by atoms with E-state index in [-0.39, 0.29) is 23.9 Å². The molecule has 1 atom stereocenters. The van der Waals surface area contributed by atoms with Crippen molar-refractivity contribution in [3.05, 3.63) is 94.3 Å². The van der Waals surface area contributed by atoms with Gasteiger partial charge >= 0.3 is 8.25 Å². The largest absolute Gasteiger partial charge is 0.698 e. The summed E-state index contributed by atoms with van der Waals surface area (Å²) in [6.45, 7) is 1.83. The van der Waals surface area contributed by atoms with E-state index in [4.69, 9.17) is 19.1 Å². The Morgan fingerprint density at radius 2 is 1.72 bits per heavy atom. The fourth-order valence-electron chi connectivity index (χ4n) is 4.42. The number of fused-ring (bicyclic) bond motifs is 1. The third-order valence-electron chi connectivity index (χ3n) is 6.28. The van der Waals surface area contributed by atoms with E-state index in [2.05, 4.69) is 9.84 Å². The SMILES string of the molecule is COc1cc(/C=C2/C(C)=C(CC(=O)NCc3ccccc3)c3cc(F)ccc32)cc(OC)c1OCO[P+](=O)O. The first-order chi connectivity index (χ1) is 18.8. The molecule has 4 rings (SSSR count). The Morgan fingerprint density at radius 3 is 2.36 bits per heavy atom. The average Bonchev–Trinajstić information content (AvgIpc) is 3.17. The summed E-state index contributed by atoms with van der Waals surface area (Å²) in [4.78, 5) is 21.7. The number of amides is 1. The van der Waals surface area contributed by atoms with Gasteiger partial charge in [0.05, 0.1) is 20.6 Å². The maximum atomic E-state index is 14.3. The summed E-state index contributed by atoms with van der Waals surface area (Å²) in [5, 5.41) is 2.94. The third kappa shape index (κ3) is 6.70. The van der Waals surface area contributed by atoms with Crippen LogP contribution in [0.2, 0.25) is 0 Å². The molecular formula is C29H28FNO7P+. The van der Waals surface area contributed by atoms with Crippen LogP contribution in [0, 0.1) is 5.82 Å². The average molecular weight is 553 g/mol. The van der Waals surface area contributed by atoms with E-state index < -0.39 is 15.0 Å². The van der Waals surface area contributed by atoms with E-state index in [1.54, 1.807) is 18.2 Å². The number of ether oxygens (including phenoxy) is 3. The minimum atomic E-state index is -2.82. The lowest BCUT2D eigenvalue weighted by Crippen LogP contribution is -2.22. The van der Waals surface area contributed by atoms with Crippen LogP contribution in [0.5, 0.6) is 17.2 Å². The predicted octanol–water partition coefficient (Wildman–Crippen LogP) is 5.88. The van der Waals surface area contributed by atoms with Gasteiger partial charge in [-0.15, -0.1) is 4.89 Å². The zero-order chi connectivity index (χ0) is 27.9. The number of carbonyl (C=O) groups is 1. The standard InChI is InChI=1S/C29H27FNO7P/c1-18-23(11-20-12-26(35-2)29(27(13-20)36-3)37-17-38-39(33)34)22-10-9-21(30)14-25(22)24(18)15-28(32)31-16-19-7-5-4-6-8-19/h4-14H,15-17H2,1-3H3,(H-,31,32,33,34)/p+1/b23-11-. The van der Waals surface area contributed by atoms with E-state index in [1.165, 1.54) is 26.4 Å². The summed E-state index contributed by atoms with van der Waals surface area (Å²) in [5.41, 5.74) is 5.58. The molecule has 0 saturated heterocycles. The van der Waals surface area contributed by atoms with E-state index in [0.717, 1.165) is 27.8 Å². The molecule has 0 aromatic heterocycles. The number of benzene rings is 3. The van der Waals surface area contributed by atoms with Crippen LogP contribution < -0.4 is 19.5 Å². The van der Waals surface area contributed by atoms with Crippen molar-refractivity contribution in [3.8, 4) is 17.2 Å². The number of nitrogens with one attached hydrogen (secondary N) is 1. The molecule has 202 valence electrons. The van der Waals surface area contributed by atoms with Crippen molar-refractivity contribution in [3.63, 3.8) is 0 Å². The van der Waals surface area contributed by atoms with Crippen LogP contribution >= 0.6 is 8.25 Å². The van der Waals surface area contributed by atoms with Gasteiger partial charge in [-0.05, 0) is 76.2 Å². The molecule has 8 nitrogen and oxygen atoms in total. The molecule has 0 fully saturated rings. The van der Waals surface area contributed by atoms with Gasteiger partial charge in [-0.1, -0.05) is 40.9 Å². The zero-order valence-electron chi connectivity index (χ0n) is 21.7. The van der Waals surface area contributed by atoms with Gasteiger partial charge in [0.1, 0.15) is 5.82 Å². The molecule has 1 unspecified atom stereocenters. The van der Waals surface area contributed by atoms with Crippen molar-refractivity contribution in [1.29, 1.82) is 0 Å². The quantitative estimate of drug-likeness (QED) is 0.226. The Labute approximate surface area is 226 Å². The molecule has 0 aliphatic heterocycles. The molecule has 0 heterocycles. The van der Waals surface area contributed by atoms with Crippen molar-refractivity contribution in [2.45, 2.75) is 19.9 Å². The van der Waals surface area contributed by atoms with Gasteiger partial charge in [0.15, 0.2) is 11.5 Å². The van der Waals surface area contributed by atoms with E-state index in [0.29, 0.717) is 29.2 Å². The molecule has 0 spiro atoms. The number of methoxy groups -OCH3 is 2. The number of halogens is 1. The van der Waals surface area contributed by atoms with Gasteiger partial charge in [0.2, 0.25) is 18.4 Å². The number of rotatable bonds is 11. The van der Waals surface area contributed by atoms with Gasteiger partial charge in [0.25, 0.3) is 0 Å². The Morgan fingerprint density at radius 1 is 1.03 bits per heavy atom. The molecule has 10 heteroatoms. The maximum absolute atomic E-state index is 14.3. The van der Waals surface area contributed by atoms with Crippen LogP contribution in [0.3, 0.4) is 0 Å². The van der Waals surface area contributed by atoms with Crippen LogP contribution in [-0.2, 0) is 20.4 Å². The molecule has 1 aliphatic carbocycles. The first-order valence-corrected chi connectivity index (χ1v) is 13.1. The molecule has 3 aromatic carbocycles. The fraction of sp³-hybridized carbons (Fsp3) is 0.207. The highest BCUT2D eigenvalue weighted by Gasteiger charge is 2.26. The first kappa shape index (κ1) is 28.0. The van der Waals surface area contributed by atoms with Crippen molar-refractivity contribution in [2.24, 2.45) is 0 Å². The molecule has 0 saturated carbocycles. The smallest absolute Gasteiger partial charge is 0.493 e.